The Balaban J connectivity index is 2.37. The second kappa shape index (κ2) is 5.00. The Kier molecular flexibility index (Phi) is 3.59. The number of hydrogen-bond donors (Lipinski definition) is 2. The Bertz CT molecular complexity index is 580. The molecule has 0 aromatic heterocycles. The van der Waals surface area contributed by atoms with Crippen molar-refractivity contribution >= 4 is 40.3 Å². The number of nitrogens with two attached hydrogens (primary N) is 1. The molecule has 0 unspecified atom stereocenters. The van der Waals surface area contributed by atoms with Gasteiger partial charge in [-0.25, -0.2) is 8.78 Å². The standard InChI is InChI=1S/C12H8Cl2F2N2/c13-7-4-6(5-8(14)11(7)16)18-10-3-1-2-9(15)12(10)17/h1-5,18H,17H2. The fraction of sp³-hybridized carbons (Fsp3) is 0. The second-order valence-electron chi connectivity index (χ2n) is 3.58. The lowest BCUT2D eigenvalue weighted by molar-refractivity contribution is 0.629. The number of anilines is 3. The molecule has 2 aromatic carbocycles. The van der Waals surface area contributed by atoms with Gasteiger partial charge >= 0.3 is 0 Å². The normalized spacial score (nSPS) is 10.4. The first-order valence-electron chi connectivity index (χ1n) is 4.94. The third kappa shape index (κ3) is 2.49. The molecule has 3 N–H and O–H groups in total. The van der Waals surface area contributed by atoms with Crippen molar-refractivity contribution in [2.75, 3.05) is 11.1 Å². The van der Waals surface area contributed by atoms with Crippen molar-refractivity contribution in [2.24, 2.45) is 0 Å². The maximum Gasteiger partial charge on any atom is 0.160 e. The van der Waals surface area contributed by atoms with E-state index in [4.69, 9.17) is 28.9 Å². The van der Waals surface area contributed by atoms with Crippen LogP contribution in [0.2, 0.25) is 10.0 Å². The van der Waals surface area contributed by atoms with Crippen LogP contribution < -0.4 is 11.1 Å². The molecule has 2 nitrogen and oxygen atoms in total. The van der Waals surface area contributed by atoms with Crippen LogP contribution in [0.1, 0.15) is 0 Å². The van der Waals surface area contributed by atoms with Gasteiger partial charge < -0.3 is 11.1 Å². The summed E-state index contributed by atoms with van der Waals surface area (Å²) in [6, 6.07) is 7.01. The molecule has 0 fully saturated rings. The highest BCUT2D eigenvalue weighted by molar-refractivity contribution is 6.35. The van der Waals surface area contributed by atoms with Gasteiger partial charge in [-0.15, -0.1) is 0 Å². The predicted molar refractivity (Wildman–Crippen MR) is 70.5 cm³/mol. The van der Waals surface area contributed by atoms with Crippen LogP contribution in [0.15, 0.2) is 30.3 Å². The molecular weight excluding hydrogens is 281 g/mol. The van der Waals surface area contributed by atoms with E-state index >= 15 is 0 Å². The van der Waals surface area contributed by atoms with E-state index in [1.165, 1.54) is 24.3 Å². The van der Waals surface area contributed by atoms with Gasteiger partial charge in [0, 0.05) is 5.69 Å². The van der Waals surface area contributed by atoms with Crippen LogP contribution in [0.25, 0.3) is 0 Å². The number of rotatable bonds is 2. The zero-order valence-corrected chi connectivity index (χ0v) is 10.5. The van der Waals surface area contributed by atoms with Gasteiger partial charge in [0.2, 0.25) is 0 Å². The van der Waals surface area contributed by atoms with Gasteiger partial charge in [-0.1, -0.05) is 29.3 Å². The van der Waals surface area contributed by atoms with Gasteiger partial charge in [0.25, 0.3) is 0 Å². The summed E-state index contributed by atoms with van der Waals surface area (Å²) in [5.41, 5.74) is 6.30. The SMILES string of the molecule is Nc1c(F)cccc1Nc1cc(Cl)c(F)c(Cl)c1. The van der Waals surface area contributed by atoms with E-state index in [2.05, 4.69) is 5.32 Å². The molecule has 94 valence electrons. The number of benzene rings is 2. The summed E-state index contributed by atoms with van der Waals surface area (Å²) in [6.45, 7) is 0. The Morgan fingerprint density at radius 1 is 1.06 bits per heavy atom. The molecule has 2 aromatic rings. The first-order valence-corrected chi connectivity index (χ1v) is 5.70. The Morgan fingerprint density at radius 2 is 1.67 bits per heavy atom. The molecule has 2 rings (SSSR count). The van der Waals surface area contributed by atoms with Crippen LogP contribution in [-0.4, -0.2) is 0 Å². The summed E-state index contributed by atoms with van der Waals surface area (Å²) in [5.74, 6) is -1.24. The van der Waals surface area contributed by atoms with Crippen molar-refractivity contribution in [3.05, 3.63) is 52.0 Å². The van der Waals surface area contributed by atoms with Crippen LogP contribution in [0, 0.1) is 11.6 Å². The fourth-order valence-electron chi connectivity index (χ4n) is 1.43. The number of nitrogen functional groups attached to an aromatic ring is 1. The Hall–Kier alpha value is -1.52. The molecule has 0 bridgehead atoms. The Morgan fingerprint density at radius 3 is 2.28 bits per heavy atom. The quantitative estimate of drug-likeness (QED) is 0.626. The summed E-state index contributed by atoms with van der Waals surface area (Å²) in [7, 11) is 0. The molecular formula is C12H8Cl2F2N2. The maximum absolute atomic E-state index is 13.2. The zero-order chi connectivity index (χ0) is 13.3. The first kappa shape index (κ1) is 12.9. The predicted octanol–water partition coefficient (Wildman–Crippen LogP) is 4.60. The third-order valence-electron chi connectivity index (χ3n) is 2.32. The van der Waals surface area contributed by atoms with E-state index in [9.17, 15) is 8.78 Å². The molecule has 0 aliphatic rings. The van der Waals surface area contributed by atoms with E-state index in [-0.39, 0.29) is 15.7 Å². The summed E-state index contributed by atoms with van der Waals surface area (Å²) in [4.78, 5) is 0. The monoisotopic (exact) mass is 288 g/mol. The molecule has 0 heterocycles. The van der Waals surface area contributed by atoms with Crippen molar-refractivity contribution in [3.8, 4) is 0 Å². The van der Waals surface area contributed by atoms with Gasteiger partial charge in [-0.2, -0.15) is 0 Å². The molecule has 0 radical (unpaired) electrons. The van der Waals surface area contributed by atoms with Crippen molar-refractivity contribution < 1.29 is 8.78 Å². The zero-order valence-electron chi connectivity index (χ0n) is 8.98. The molecule has 0 amide bonds. The average Bonchev–Trinajstić information content (AvgIpc) is 2.32. The first-order chi connectivity index (χ1) is 8.49. The van der Waals surface area contributed by atoms with Gasteiger partial charge in [0.05, 0.1) is 21.4 Å². The third-order valence-corrected chi connectivity index (χ3v) is 2.87. The minimum absolute atomic E-state index is 0.0333. The van der Waals surface area contributed by atoms with E-state index in [1.54, 1.807) is 6.07 Å². The average molecular weight is 289 g/mol. The lowest BCUT2D eigenvalue weighted by Gasteiger charge is -2.11. The van der Waals surface area contributed by atoms with E-state index in [1.807, 2.05) is 0 Å². The van der Waals surface area contributed by atoms with Crippen LogP contribution >= 0.6 is 23.2 Å². The molecule has 18 heavy (non-hydrogen) atoms. The Labute approximate surface area is 112 Å². The van der Waals surface area contributed by atoms with Crippen molar-refractivity contribution in [1.29, 1.82) is 0 Å². The summed E-state index contributed by atoms with van der Waals surface area (Å²) < 4.78 is 26.4. The number of nitrogens with one attached hydrogen (secondary N) is 1. The second-order valence-corrected chi connectivity index (χ2v) is 4.39. The minimum atomic E-state index is -0.698. The molecule has 0 saturated heterocycles. The van der Waals surface area contributed by atoms with Gasteiger partial charge in [0.1, 0.15) is 5.82 Å². The maximum atomic E-state index is 13.2. The largest absolute Gasteiger partial charge is 0.395 e. The number of para-hydroxylation sites is 1. The highest BCUT2D eigenvalue weighted by Gasteiger charge is 2.09. The van der Waals surface area contributed by atoms with Gasteiger partial charge in [0.15, 0.2) is 5.82 Å². The topological polar surface area (TPSA) is 38.0 Å². The molecule has 0 saturated carbocycles. The van der Waals surface area contributed by atoms with Gasteiger partial charge in [-0.3, -0.25) is 0 Å². The highest BCUT2D eigenvalue weighted by atomic mass is 35.5. The van der Waals surface area contributed by atoms with Gasteiger partial charge in [-0.05, 0) is 24.3 Å². The minimum Gasteiger partial charge on any atom is -0.395 e. The number of halogens is 4. The van der Waals surface area contributed by atoms with Crippen LogP contribution in [0.4, 0.5) is 25.8 Å². The number of hydrogen-bond acceptors (Lipinski definition) is 2. The lowest BCUT2D eigenvalue weighted by Crippen LogP contribution is -1.99. The van der Waals surface area contributed by atoms with Crippen LogP contribution in [0.3, 0.4) is 0 Å². The highest BCUT2D eigenvalue weighted by Crippen LogP contribution is 2.31. The molecule has 0 aliphatic heterocycles. The van der Waals surface area contributed by atoms with E-state index in [0.717, 1.165) is 0 Å². The fourth-order valence-corrected chi connectivity index (χ4v) is 1.92. The van der Waals surface area contributed by atoms with E-state index < -0.39 is 11.6 Å². The van der Waals surface area contributed by atoms with E-state index in [0.29, 0.717) is 11.4 Å². The molecule has 0 aliphatic carbocycles. The van der Waals surface area contributed by atoms with Crippen LogP contribution in [0.5, 0.6) is 0 Å². The molecule has 6 heteroatoms. The lowest BCUT2D eigenvalue weighted by atomic mass is 10.2. The van der Waals surface area contributed by atoms with Crippen LogP contribution in [-0.2, 0) is 0 Å². The van der Waals surface area contributed by atoms with Crippen molar-refractivity contribution in [1.82, 2.24) is 0 Å². The van der Waals surface area contributed by atoms with Crippen molar-refractivity contribution in [3.63, 3.8) is 0 Å². The molecule has 0 spiro atoms. The summed E-state index contributed by atoms with van der Waals surface area (Å²) in [5, 5.41) is 2.57. The molecule has 0 atom stereocenters. The summed E-state index contributed by atoms with van der Waals surface area (Å²) in [6.07, 6.45) is 0. The smallest absolute Gasteiger partial charge is 0.160 e. The summed E-state index contributed by atoms with van der Waals surface area (Å²) >= 11 is 11.3. The van der Waals surface area contributed by atoms with Crippen molar-refractivity contribution in [2.45, 2.75) is 0 Å².